The molecule has 0 aliphatic rings. The largest absolute Gasteiger partial charge is 0.340 e. The van der Waals surface area contributed by atoms with Crippen LogP contribution < -0.4 is 5.32 Å². The Bertz CT molecular complexity index is 1210. The molecule has 0 aromatic carbocycles. The monoisotopic (exact) mass is 423 g/mol. The van der Waals surface area contributed by atoms with E-state index in [2.05, 4.69) is 31.8 Å². The van der Waals surface area contributed by atoms with Crippen molar-refractivity contribution in [3.63, 3.8) is 0 Å². The summed E-state index contributed by atoms with van der Waals surface area (Å²) in [5.74, 6) is 0.602. The Hall–Kier alpha value is -3.45. The van der Waals surface area contributed by atoms with Crippen molar-refractivity contribution in [1.29, 1.82) is 0 Å². The molecular weight excluding hydrogens is 408 g/mol. The summed E-state index contributed by atoms with van der Waals surface area (Å²) < 4.78 is 26.8. The van der Waals surface area contributed by atoms with Crippen LogP contribution in [0.5, 0.6) is 0 Å². The zero-order valence-electron chi connectivity index (χ0n) is 15.7. The van der Waals surface area contributed by atoms with Crippen molar-refractivity contribution in [3.05, 3.63) is 83.8 Å². The first-order valence-electron chi connectivity index (χ1n) is 9.08. The van der Waals surface area contributed by atoms with Gasteiger partial charge >= 0.3 is 0 Å². The number of nitrogens with one attached hydrogen (secondary N) is 1. The van der Waals surface area contributed by atoms with E-state index in [1.54, 1.807) is 36.5 Å². The third-order valence-electron chi connectivity index (χ3n) is 4.39. The molecule has 30 heavy (non-hydrogen) atoms. The second-order valence-corrected chi connectivity index (χ2v) is 6.89. The number of anilines is 2. The molecule has 4 heterocycles. The van der Waals surface area contributed by atoms with Gasteiger partial charge in [-0.3, -0.25) is 4.98 Å². The molecule has 4 aromatic heterocycles. The molecule has 0 aliphatic heterocycles. The lowest BCUT2D eigenvalue weighted by Gasteiger charge is -2.12. The van der Waals surface area contributed by atoms with Gasteiger partial charge in [0.15, 0.2) is 5.65 Å². The molecule has 0 aliphatic carbocycles. The molecule has 0 saturated heterocycles. The number of rotatable bonds is 6. The Morgan fingerprint density at radius 3 is 2.70 bits per heavy atom. The minimum atomic E-state index is -2.65. The minimum absolute atomic E-state index is 0.138. The van der Waals surface area contributed by atoms with Crippen molar-refractivity contribution in [3.8, 4) is 11.4 Å². The van der Waals surface area contributed by atoms with Gasteiger partial charge in [0.1, 0.15) is 5.82 Å². The molecule has 0 unspecified atom stereocenters. The summed E-state index contributed by atoms with van der Waals surface area (Å²) in [6, 6.07) is 11.6. The number of pyridine rings is 4. The highest BCUT2D eigenvalue weighted by atomic mass is 35.5. The first-order valence-corrected chi connectivity index (χ1v) is 9.46. The predicted molar refractivity (Wildman–Crippen MR) is 114 cm³/mol. The number of hydrogen-bond acceptors (Lipinski definition) is 5. The number of halogens is 3. The van der Waals surface area contributed by atoms with Gasteiger partial charge in [0.05, 0.1) is 22.1 Å². The molecule has 150 valence electrons. The molecule has 0 bridgehead atoms. The van der Waals surface area contributed by atoms with Crippen LogP contribution in [-0.4, -0.2) is 19.9 Å². The predicted octanol–water partition coefficient (Wildman–Crippen LogP) is 6.15. The standard InChI is InChI=1S/C22H16ClF2N5/c1-2-4-14-11-18(29-19-9-6-13(23)12-27-19)15-7-8-17(30-22(15)28-14)20-16(21(24)25)5-3-10-26-20/h2-3,5-12,21H,1,4H2,(H,27,28,29,30). The number of hydrogen-bond donors (Lipinski definition) is 1. The summed E-state index contributed by atoms with van der Waals surface area (Å²) in [5.41, 5.74) is 2.18. The maximum atomic E-state index is 13.4. The number of aromatic nitrogens is 4. The van der Waals surface area contributed by atoms with Gasteiger partial charge < -0.3 is 5.32 Å². The van der Waals surface area contributed by atoms with Gasteiger partial charge in [-0.2, -0.15) is 0 Å². The quantitative estimate of drug-likeness (QED) is 0.377. The lowest BCUT2D eigenvalue weighted by Crippen LogP contribution is -2.01. The van der Waals surface area contributed by atoms with E-state index in [0.29, 0.717) is 28.6 Å². The van der Waals surface area contributed by atoms with Crippen LogP contribution in [0.4, 0.5) is 20.3 Å². The highest BCUT2D eigenvalue weighted by molar-refractivity contribution is 6.30. The number of fused-ring (bicyclic) bond motifs is 1. The Labute approximate surface area is 176 Å². The van der Waals surface area contributed by atoms with Crippen LogP contribution in [0.1, 0.15) is 17.7 Å². The normalized spacial score (nSPS) is 11.1. The average Bonchev–Trinajstić information content (AvgIpc) is 2.75. The molecule has 5 nitrogen and oxygen atoms in total. The van der Waals surface area contributed by atoms with Crippen molar-refractivity contribution in [2.24, 2.45) is 0 Å². The lowest BCUT2D eigenvalue weighted by molar-refractivity contribution is 0.151. The van der Waals surface area contributed by atoms with Gasteiger partial charge in [-0.1, -0.05) is 17.7 Å². The molecule has 0 atom stereocenters. The summed E-state index contributed by atoms with van der Waals surface area (Å²) in [6.07, 6.45) is 2.61. The maximum Gasteiger partial charge on any atom is 0.266 e. The van der Waals surface area contributed by atoms with E-state index in [4.69, 9.17) is 11.6 Å². The van der Waals surface area contributed by atoms with Crippen LogP contribution >= 0.6 is 11.6 Å². The van der Waals surface area contributed by atoms with Crippen molar-refractivity contribution < 1.29 is 8.78 Å². The molecular formula is C22H16ClF2N5. The molecule has 0 saturated carbocycles. The Kier molecular flexibility index (Phi) is 5.63. The van der Waals surface area contributed by atoms with Crippen LogP contribution in [-0.2, 0) is 6.42 Å². The van der Waals surface area contributed by atoms with Crippen LogP contribution in [0.25, 0.3) is 22.4 Å². The summed E-state index contributed by atoms with van der Waals surface area (Å²) in [7, 11) is 0. The second-order valence-electron chi connectivity index (χ2n) is 6.45. The van der Waals surface area contributed by atoms with E-state index < -0.39 is 6.43 Å². The van der Waals surface area contributed by atoms with E-state index in [0.717, 1.165) is 16.8 Å². The van der Waals surface area contributed by atoms with E-state index in [1.165, 1.54) is 18.3 Å². The molecule has 4 aromatic rings. The molecule has 1 N–H and O–H groups in total. The Balaban J connectivity index is 1.83. The highest BCUT2D eigenvalue weighted by Crippen LogP contribution is 2.31. The smallest absolute Gasteiger partial charge is 0.266 e. The third kappa shape index (κ3) is 4.11. The summed E-state index contributed by atoms with van der Waals surface area (Å²) in [4.78, 5) is 17.5. The maximum absolute atomic E-state index is 13.4. The van der Waals surface area contributed by atoms with E-state index in [1.807, 2.05) is 6.07 Å². The molecule has 0 amide bonds. The molecule has 0 fully saturated rings. The average molecular weight is 424 g/mol. The number of allylic oxidation sites excluding steroid dienone is 1. The topological polar surface area (TPSA) is 63.6 Å². The fourth-order valence-electron chi connectivity index (χ4n) is 3.04. The van der Waals surface area contributed by atoms with Crippen molar-refractivity contribution >= 4 is 34.1 Å². The zero-order valence-corrected chi connectivity index (χ0v) is 16.4. The Morgan fingerprint density at radius 2 is 1.97 bits per heavy atom. The van der Waals surface area contributed by atoms with Gasteiger partial charge in [0.2, 0.25) is 0 Å². The highest BCUT2D eigenvalue weighted by Gasteiger charge is 2.17. The second kappa shape index (κ2) is 8.51. The third-order valence-corrected chi connectivity index (χ3v) is 4.61. The molecule has 8 heteroatoms. The SMILES string of the molecule is C=CCc1cc(Nc2ccc(Cl)cn2)c2ccc(-c3ncccc3C(F)F)nc2n1. The van der Waals surface area contributed by atoms with Gasteiger partial charge in [-0.25, -0.2) is 23.7 Å². The van der Waals surface area contributed by atoms with E-state index in [-0.39, 0.29) is 11.3 Å². The summed E-state index contributed by atoms with van der Waals surface area (Å²) in [5, 5.41) is 4.49. The van der Waals surface area contributed by atoms with Gasteiger partial charge in [0, 0.05) is 35.5 Å². The number of nitrogens with zero attached hydrogens (tertiary/aromatic N) is 4. The van der Waals surface area contributed by atoms with E-state index in [9.17, 15) is 8.78 Å². The summed E-state index contributed by atoms with van der Waals surface area (Å²) >= 11 is 5.91. The molecule has 0 spiro atoms. The van der Waals surface area contributed by atoms with Crippen LogP contribution in [0.2, 0.25) is 5.02 Å². The summed E-state index contributed by atoms with van der Waals surface area (Å²) in [6.45, 7) is 3.75. The number of alkyl halides is 2. The van der Waals surface area contributed by atoms with E-state index >= 15 is 0 Å². The van der Waals surface area contributed by atoms with Gasteiger partial charge in [-0.15, -0.1) is 6.58 Å². The minimum Gasteiger partial charge on any atom is -0.340 e. The van der Waals surface area contributed by atoms with Crippen LogP contribution in [0, 0.1) is 0 Å². The fourth-order valence-corrected chi connectivity index (χ4v) is 3.15. The van der Waals surface area contributed by atoms with Crippen molar-refractivity contribution in [2.75, 3.05) is 5.32 Å². The van der Waals surface area contributed by atoms with Crippen LogP contribution in [0.15, 0.2) is 67.5 Å². The Morgan fingerprint density at radius 1 is 1.10 bits per heavy atom. The lowest BCUT2D eigenvalue weighted by atomic mass is 10.1. The van der Waals surface area contributed by atoms with Crippen molar-refractivity contribution in [2.45, 2.75) is 12.8 Å². The molecule has 0 radical (unpaired) electrons. The van der Waals surface area contributed by atoms with Crippen molar-refractivity contribution in [1.82, 2.24) is 19.9 Å². The zero-order chi connectivity index (χ0) is 21.1. The van der Waals surface area contributed by atoms with Gasteiger partial charge in [-0.05, 0) is 42.5 Å². The first kappa shape index (κ1) is 19.8. The molecule has 4 rings (SSSR count). The van der Waals surface area contributed by atoms with Crippen LogP contribution in [0.3, 0.4) is 0 Å². The first-order chi connectivity index (χ1) is 14.5. The van der Waals surface area contributed by atoms with Gasteiger partial charge in [0.25, 0.3) is 6.43 Å². The fraction of sp³-hybridized carbons (Fsp3) is 0.0909.